The topological polar surface area (TPSA) is 12.0 Å². The maximum absolute atomic E-state index is 3.82. The Morgan fingerprint density at radius 2 is 1.89 bits per heavy atom. The Balaban J connectivity index is 3.39. The molecule has 9 heavy (non-hydrogen) atoms. The van der Waals surface area contributed by atoms with E-state index in [4.69, 9.17) is 0 Å². The van der Waals surface area contributed by atoms with E-state index in [9.17, 15) is 0 Å². The molecular weight excluding hydrogens is 126 g/mol. The van der Waals surface area contributed by atoms with Crippen LogP contribution in [0.4, 0.5) is 0 Å². The van der Waals surface area contributed by atoms with Crippen molar-refractivity contribution in [3.05, 3.63) is 12.2 Å². The van der Waals surface area contributed by atoms with Gasteiger partial charge in [0.05, 0.1) is 0 Å². The third-order valence-corrected chi connectivity index (χ3v) is 2.16. The van der Waals surface area contributed by atoms with Crippen LogP contribution in [0.15, 0.2) is 12.2 Å². The average Bonchev–Trinajstić information content (AvgIpc) is 1.59. The van der Waals surface area contributed by atoms with Gasteiger partial charge in [-0.15, -0.1) is 0 Å². The van der Waals surface area contributed by atoms with Gasteiger partial charge in [-0.05, 0) is 6.92 Å². The van der Waals surface area contributed by atoms with Gasteiger partial charge in [-0.25, -0.2) is 0 Å². The zero-order valence-electron chi connectivity index (χ0n) is 6.91. The van der Waals surface area contributed by atoms with Crippen LogP contribution < -0.4 is 4.98 Å². The van der Waals surface area contributed by atoms with Crippen molar-refractivity contribution < 1.29 is 0 Å². The number of hydrogen-bond donors (Lipinski definition) is 1. The molecule has 0 aromatic heterocycles. The summed E-state index contributed by atoms with van der Waals surface area (Å²) < 4.78 is 0. The van der Waals surface area contributed by atoms with Gasteiger partial charge in [0.1, 0.15) is 8.24 Å². The maximum atomic E-state index is 3.82. The first kappa shape index (κ1) is 8.92. The predicted molar refractivity (Wildman–Crippen MR) is 46.2 cm³/mol. The summed E-state index contributed by atoms with van der Waals surface area (Å²) >= 11 is 0. The van der Waals surface area contributed by atoms with Crippen molar-refractivity contribution in [2.45, 2.75) is 26.6 Å². The molecule has 0 rings (SSSR count). The number of nitrogens with one attached hydrogen (secondary N) is 1. The van der Waals surface area contributed by atoms with Crippen LogP contribution in [-0.2, 0) is 0 Å². The lowest BCUT2D eigenvalue weighted by Crippen LogP contribution is -2.41. The normalized spacial score (nSPS) is 11.6. The minimum absolute atomic E-state index is 0.982. The van der Waals surface area contributed by atoms with Crippen LogP contribution in [0.2, 0.25) is 19.6 Å². The lowest BCUT2D eigenvalue weighted by Gasteiger charge is -2.17. The van der Waals surface area contributed by atoms with E-state index < -0.39 is 8.24 Å². The highest BCUT2D eigenvalue weighted by Gasteiger charge is 2.10. The largest absolute Gasteiger partial charge is 0.334 e. The van der Waals surface area contributed by atoms with E-state index in [2.05, 4.69) is 31.2 Å². The summed E-state index contributed by atoms with van der Waals surface area (Å²) in [6, 6.07) is 0. The summed E-state index contributed by atoms with van der Waals surface area (Å²) in [4.78, 5) is 3.46. The highest BCUT2D eigenvalue weighted by molar-refractivity contribution is 6.73. The minimum Gasteiger partial charge on any atom is -0.334 e. The second kappa shape index (κ2) is 3.18. The van der Waals surface area contributed by atoms with E-state index in [-0.39, 0.29) is 0 Å². The molecule has 1 nitrogen and oxygen atoms in total. The zero-order valence-corrected chi connectivity index (χ0v) is 7.91. The first-order valence-corrected chi connectivity index (χ1v) is 6.81. The van der Waals surface area contributed by atoms with Gasteiger partial charge in [-0.3, -0.25) is 0 Å². The average molecular weight is 143 g/mol. The van der Waals surface area contributed by atoms with E-state index in [0.717, 1.165) is 6.54 Å². The lowest BCUT2D eigenvalue weighted by molar-refractivity contribution is 0.986. The third kappa shape index (κ3) is 7.92. The summed E-state index contributed by atoms with van der Waals surface area (Å²) in [6.45, 7) is 13.7. The Morgan fingerprint density at radius 1 is 1.44 bits per heavy atom. The summed E-state index contributed by atoms with van der Waals surface area (Å²) in [6.07, 6.45) is 0. The van der Waals surface area contributed by atoms with Gasteiger partial charge in [-0.2, -0.15) is 0 Å². The van der Waals surface area contributed by atoms with Crippen molar-refractivity contribution in [1.82, 2.24) is 4.98 Å². The van der Waals surface area contributed by atoms with Gasteiger partial charge < -0.3 is 4.98 Å². The summed E-state index contributed by atoms with van der Waals surface area (Å²) in [5.74, 6) is 0. The van der Waals surface area contributed by atoms with E-state index in [1.54, 1.807) is 0 Å². The number of hydrogen-bond acceptors (Lipinski definition) is 1. The van der Waals surface area contributed by atoms with E-state index in [0.29, 0.717) is 0 Å². The standard InChI is InChI=1S/C7H17NSi/c1-7(2)6-8-9(3,4)5/h8H,1,6H2,2-5H3. The molecule has 0 spiro atoms. The molecule has 1 N–H and O–H groups in total. The lowest BCUT2D eigenvalue weighted by atomic mass is 10.4. The zero-order chi connectivity index (χ0) is 7.49. The van der Waals surface area contributed by atoms with Crippen molar-refractivity contribution in [1.29, 1.82) is 0 Å². The van der Waals surface area contributed by atoms with Crippen LogP contribution >= 0.6 is 0 Å². The van der Waals surface area contributed by atoms with Crippen LogP contribution in [0.1, 0.15) is 6.92 Å². The van der Waals surface area contributed by atoms with Gasteiger partial charge in [-0.1, -0.05) is 31.8 Å². The SMILES string of the molecule is C=C(C)CN[Si](C)(C)C. The van der Waals surface area contributed by atoms with E-state index >= 15 is 0 Å². The molecule has 0 saturated heterocycles. The maximum Gasteiger partial charge on any atom is 0.116 e. The molecule has 0 fully saturated rings. The molecule has 0 atom stereocenters. The monoisotopic (exact) mass is 143 g/mol. The molecule has 0 heterocycles. The van der Waals surface area contributed by atoms with Crippen LogP contribution in [0, 0.1) is 0 Å². The van der Waals surface area contributed by atoms with Crippen molar-refractivity contribution >= 4 is 8.24 Å². The minimum atomic E-state index is -1.03. The van der Waals surface area contributed by atoms with Crippen molar-refractivity contribution in [3.8, 4) is 0 Å². The van der Waals surface area contributed by atoms with Crippen LogP contribution in [-0.4, -0.2) is 14.8 Å². The molecule has 0 aromatic rings. The Hall–Kier alpha value is -0.0831. The second-order valence-corrected chi connectivity index (χ2v) is 8.41. The van der Waals surface area contributed by atoms with Crippen LogP contribution in [0.3, 0.4) is 0 Å². The summed E-state index contributed by atoms with van der Waals surface area (Å²) in [5.41, 5.74) is 1.22. The Kier molecular flexibility index (Phi) is 3.15. The molecule has 0 unspecified atom stereocenters. The number of rotatable bonds is 3. The van der Waals surface area contributed by atoms with E-state index in [1.807, 2.05) is 6.92 Å². The van der Waals surface area contributed by atoms with E-state index in [1.165, 1.54) is 5.57 Å². The molecule has 0 aliphatic carbocycles. The van der Waals surface area contributed by atoms with Gasteiger partial charge in [0.2, 0.25) is 0 Å². The Bertz CT molecular complexity index is 102. The molecule has 0 aliphatic rings. The quantitative estimate of drug-likeness (QED) is 0.470. The van der Waals surface area contributed by atoms with Crippen molar-refractivity contribution in [2.24, 2.45) is 0 Å². The fourth-order valence-corrected chi connectivity index (χ4v) is 1.25. The highest BCUT2D eigenvalue weighted by atomic mass is 28.3. The summed E-state index contributed by atoms with van der Waals surface area (Å²) in [7, 11) is -1.03. The van der Waals surface area contributed by atoms with Gasteiger partial charge >= 0.3 is 0 Å². The first-order valence-electron chi connectivity index (χ1n) is 3.31. The van der Waals surface area contributed by atoms with Crippen LogP contribution in [0.25, 0.3) is 0 Å². The second-order valence-electron chi connectivity index (χ2n) is 3.56. The molecule has 0 amide bonds. The summed E-state index contributed by atoms with van der Waals surface area (Å²) in [5, 5.41) is 0. The smallest absolute Gasteiger partial charge is 0.116 e. The molecule has 0 radical (unpaired) electrons. The molecular formula is C7H17NSi. The molecule has 0 saturated carbocycles. The molecule has 2 heteroatoms. The fourth-order valence-electron chi connectivity index (χ4n) is 0.416. The molecule has 0 aromatic carbocycles. The predicted octanol–water partition coefficient (Wildman–Crippen LogP) is 1.99. The van der Waals surface area contributed by atoms with Crippen molar-refractivity contribution in [3.63, 3.8) is 0 Å². The molecule has 54 valence electrons. The first-order chi connectivity index (χ1) is 3.92. The van der Waals surface area contributed by atoms with Crippen LogP contribution in [0.5, 0.6) is 0 Å². The van der Waals surface area contributed by atoms with Crippen molar-refractivity contribution in [2.75, 3.05) is 6.54 Å². The van der Waals surface area contributed by atoms with Gasteiger partial charge in [0, 0.05) is 6.54 Å². The third-order valence-electron chi connectivity index (χ3n) is 0.920. The van der Waals surface area contributed by atoms with Gasteiger partial charge in [0.15, 0.2) is 0 Å². The Labute approximate surface area is 59.3 Å². The fraction of sp³-hybridized carbons (Fsp3) is 0.714. The molecule has 0 bridgehead atoms. The van der Waals surface area contributed by atoms with Gasteiger partial charge in [0.25, 0.3) is 0 Å². The highest BCUT2D eigenvalue weighted by Crippen LogP contribution is 1.94. The Morgan fingerprint density at radius 3 is 2.00 bits per heavy atom. The molecule has 0 aliphatic heterocycles.